The van der Waals surface area contributed by atoms with Crippen LogP contribution >= 0.6 is 11.8 Å². The fourth-order valence-electron chi connectivity index (χ4n) is 2.85. The number of aromatic nitrogens is 2. The first kappa shape index (κ1) is 17.4. The van der Waals surface area contributed by atoms with Gasteiger partial charge in [0.15, 0.2) is 5.16 Å². The lowest BCUT2D eigenvalue weighted by molar-refractivity contribution is -0.113. The van der Waals surface area contributed by atoms with E-state index < -0.39 is 5.97 Å². The molecule has 0 unspecified atom stereocenters. The minimum absolute atomic E-state index is 0.174. The number of amides is 1. The summed E-state index contributed by atoms with van der Waals surface area (Å²) in [6, 6.07) is 6.76. The predicted octanol–water partition coefficient (Wildman–Crippen LogP) is 2.79. The fourth-order valence-corrected chi connectivity index (χ4v) is 3.56. The third kappa shape index (κ3) is 3.99. The number of carbonyl (C=O) groups excluding carboxylic acids is 2. The molecule has 6 nitrogen and oxygen atoms in total. The number of carbonyl (C=O) groups is 2. The molecule has 2 aromatic rings. The number of rotatable bonds is 5. The maximum absolute atomic E-state index is 12.2. The van der Waals surface area contributed by atoms with E-state index in [4.69, 9.17) is 4.74 Å². The Kier molecular flexibility index (Phi) is 5.33. The molecule has 0 atom stereocenters. The summed E-state index contributed by atoms with van der Waals surface area (Å²) in [6.45, 7) is 1.99. The first-order valence-electron chi connectivity index (χ1n) is 8.05. The second kappa shape index (κ2) is 7.65. The van der Waals surface area contributed by atoms with Crippen molar-refractivity contribution in [2.45, 2.75) is 31.3 Å². The van der Waals surface area contributed by atoms with Crippen LogP contribution in [0.3, 0.4) is 0 Å². The first-order chi connectivity index (χ1) is 12.1. The molecule has 25 heavy (non-hydrogen) atoms. The second-order valence-electron chi connectivity index (χ2n) is 5.74. The van der Waals surface area contributed by atoms with E-state index in [0.29, 0.717) is 16.4 Å². The Morgan fingerprint density at radius 2 is 2.04 bits per heavy atom. The molecule has 0 fully saturated rings. The zero-order valence-electron chi connectivity index (χ0n) is 14.2. The zero-order valence-corrected chi connectivity index (χ0v) is 15.0. The lowest BCUT2D eigenvalue weighted by atomic mass is 10.2. The lowest BCUT2D eigenvalue weighted by Crippen LogP contribution is -2.17. The number of fused-ring (bicyclic) bond motifs is 1. The smallest absolute Gasteiger partial charge is 0.339 e. The number of hydrogen-bond acceptors (Lipinski definition) is 6. The van der Waals surface area contributed by atoms with Crippen LogP contribution in [-0.2, 0) is 22.4 Å². The number of nitrogens with one attached hydrogen (secondary N) is 1. The van der Waals surface area contributed by atoms with Crippen LogP contribution in [0, 0.1) is 6.92 Å². The Balaban J connectivity index is 1.65. The standard InChI is InChI=1S/C18H19N3O3S/c1-11-12-7-5-9-14(12)21-18(19-11)25-10-16(22)20-15-8-4-3-6-13(15)17(23)24-2/h3-4,6,8H,5,7,9-10H2,1-2H3,(H,20,22). The van der Waals surface area contributed by atoms with Crippen molar-refractivity contribution in [1.29, 1.82) is 0 Å². The van der Waals surface area contributed by atoms with Crippen LogP contribution in [-0.4, -0.2) is 34.7 Å². The van der Waals surface area contributed by atoms with E-state index in [2.05, 4.69) is 15.3 Å². The highest BCUT2D eigenvalue weighted by Crippen LogP contribution is 2.25. The van der Waals surface area contributed by atoms with Gasteiger partial charge in [0.25, 0.3) is 0 Å². The van der Waals surface area contributed by atoms with Crippen LogP contribution in [0.1, 0.15) is 33.7 Å². The summed E-state index contributed by atoms with van der Waals surface area (Å²) < 4.78 is 4.73. The van der Waals surface area contributed by atoms with Gasteiger partial charge in [-0.15, -0.1) is 0 Å². The summed E-state index contributed by atoms with van der Waals surface area (Å²) in [5.41, 5.74) is 4.12. The molecule has 130 valence electrons. The van der Waals surface area contributed by atoms with Crippen LogP contribution < -0.4 is 5.32 Å². The van der Waals surface area contributed by atoms with Gasteiger partial charge in [0.2, 0.25) is 5.91 Å². The van der Waals surface area contributed by atoms with E-state index in [1.807, 2.05) is 6.92 Å². The third-order valence-electron chi connectivity index (χ3n) is 4.06. The summed E-state index contributed by atoms with van der Waals surface area (Å²) in [7, 11) is 1.31. The molecule has 0 saturated heterocycles. The fraction of sp³-hybridized carbons (Fsp3) is 0.333. The minimum atomic E-state index is -0.485. The van der Waals surface area contributed by atoms with Gasteiger partial charge >= 0.3 is 5.97 Å². The van der Waals surface area contributed by atoms with Crippen LogP contribution in [0.4, 0.5) is 5.69 Å². The molecule has 0 spiro atoms. The highest BCUT2D eigenvalue weighted by Gasteiger charge is 2.18. The highest BCUT2D eigenvalue weighted by atomic mass is 32.2. The van der Waals surface area contributed by atoms with E-state index in [-0.39, 0.29) is 11.7 Å². The largest absolute Gasteiger partial charge is 0.465 e. The number of ether oxygens (including phenoxy) is 1. The van der Waals surface area contributed by atoms with Crippen molar-refractivity contribution in [2.24, 2.45) is 0 Å². The molecule has 1 aliphatic rings. The summed E-state index contributed by atoms with van der Waals surface area (Å²) in [4.78, 5) is 33.0. The van der Waals surface area contributed by atoms with Crippen molar-refractivity contribution in [3.05, 3.63) is 46.8 Å². The number of aryl methyl sites for hydroxylation is 2. The maximum atomic E-state index is 12.2. The molecule has 1 N–H and O–H groups in total. The number of anilines is 1. The van der Waals surface area contributed by atoms with E-state index in [0.717, 1.165) is 30.7 Å². The number of esters is 1. The highest BCUT2D eigenvalue weighted by molar-refractivity contribution is 7.99. The number of benzene rings is 1. The van der Waals surface area contributed by atoms with Crippen LogP contribution in [0.25, 0.3) is 0 Å². The Morgan fingerprint density at radius 1 is 1.24 bits per heavy atom. The monoisotopic (exact) mass is 357 g/mol. The molecule has 0 bridgehead atoms. The molecular formula is C18H19N3O3S. The van der Waals surface area contributed by atoms with Crippen molar-refractivity contribution in [3.63, 3.8) is 0 Å². The SMILES string of the molecule is COC(=O)c1ccccc1NC(=O)CSc1nc(C)c2c(n1)CCC2. The molecule has 7 heteroatoms. The molecule has 3 rings (SSSR count). The minimum Gasteiger partial charge on any atom is -0.465 e. The number of nitrogens with zero attached hydrogens (tertiary/aromatic N) is 2. The summed E-state index contributed by atoms with van der Waals surface area (Å²) in [6.07, 6.45) is 3.13. The second-order valence-corrected chi connectivity index (χ2v) is 6.69. The quantitative estimate of drug-likeness (QED) is 0.503. The van der Waals surface area contributed by atoms with Crippen LogP contribution in [0.15, 0.2) is 29.4 Å². The van der Waals surface area contributed by atoms with Gasteiger partial charge in [-0.2, -0.15) is 0 Å². The number of para-hydroxylation sites is 1. The van der Waals surface area contributed by atoms with Gasteiger partial charge in [-0.1, -0.05) is 23.9 Å². The molecule has 1 aliphatic carbocycles. The first-order valence-corrected chi connectivity index (χ1v) is 9.03. The van der Waals surface area contributed by atoms with E-state index in [1.165, 1.54) is 24.4 Å². The maximum Gasteiger partial charge on any atom is 0.339 e. The molecule has 0 saturated carbocycles. The van der Waals surface area contributed by atoms with Gasteiger partial charge in [0, 0.05) is 11.4 Å². The van der Waals surface area contributed by atoms with Crippen molar-refractivity contribution >= 4 is 29.3 Å². The topological polar surface area (TPSA) is 81.2 Å². The van der Waals surface area contributed by atoms with Crippen LogP contribution in [0.5, 0.6) is 0 Å². The zero-order chi connectivity index (χ0) is 17.8. The summed E-state index contributed by atoms with van der Waals surface area (Å²) >= 11 is 1.30. The third-order valence-corrected chi connectivity index (χ3v) is 4.91. The predicted molar refractivity (Wildman–Crippen MR) is 95.9 cm³/mol. The summed E-state index contributed by atoms with van der Waals surface area (Å²) in [5.74, 6) is -0.530. The Morgan fingerprint density at radius 3 is 2.84 bits per heavy atom. The van der Waals surface area contributed by atoms with Gasteiger partial charge in [-0.3, -0.25) is 4.79 Å². The summed E-state index contributed by atoms with van der Waals surface area (Å²) in [5, 5.41) is 3.37. The van der Waals surface area contributed by atoms with Gasteiger partial charge in [0.05, 0.1) is 24.1 Å². The van der Waals surface area contributed by atoms with Crippen LogP contribution in [0.2, 0.25) is 0 Å². The van der Waals surface area contributed by atoms with E-state index >= 15 is 0 Å². The Labute approximate surface area is 150 Å². The number of thioether (sulfide) groups is 1. The molecule has 0 aliphatic heterocycles. The molecular weight excluding hydrogens is 338 g/mol. The number of methoxy groups -OCH3 is 1. The molecule has 1 heterocycles. The molecule has 1 amide bonds. The van der Waals surface area contributed by atoms with Crippen molar-refractivity contribution in [1.82, 2.24) is 9.97 Å². The normalized spacial score (nSPS) is 12.6. The molecule has 1 aromatic carbocycles. The number of hydrogen-bond donors (Lipinski definition) is 1. The van der Waals surface area contributed by atoms with Gasteiger partial charge in [-0.25, -0.2) is 14.8 Å². The average molecular weight is 357 g/mol. The molecule has 1 aromatic heterocycles. The van der Waals surface area contributed by atoms with Gasteiger partial charge in [-0.05, 0) is 43.9 Å². The molecule has 0 radical (unpaired) electrons. The lowest BCUT2D eigenvalue weighted by Gasteiger charge is -2.10. The van der Waals surface area contributed by atoms with E-state index in [1.54, 1.807) is 24.3 Å². The van der Waals surface area contributed by atoms with Crippen molar-refractivity contribution in [2.75, 3.05) is 18.2 Å². The average Bonchev–Trinajstić information content (AvgIpc) is 3.09. The van der Waals surface area contributed by atoms with E-state index in [9.17, 15) is 9.59 Å². The Bertz CT molecular complexity index is 823. The van der Waals surface area contributed by atoms with Crippen molar-refractivity contribution < 1.29 is 14.3 Å². The van der Waals surface area contributed by atoms with Crippen molar-refractivity contribution in [3.8, 4) is 0 Å². The van der Waals surface area contributed by atoms with Gasteiger partial charge < -0.3 is 10.1 Å². The Hall–Kier alpha value is -2.41. The van der Waals surface area contributed by atoms with Gasteiger partial charge in [0.1, 0.15) is 0 Å².